The molecule has 2 aromatic carbocycles. The molecule has 1 fully saturated rings. The molecule has 0 radical (unpaired) electrons. The molecule has 42 heavy (non-hydrogen) atoms. The summed E-state index contributed by atoms with van der Waals surface area (Å²) >= 11 is 13.1. The second-order valence-electron chi connectivity index (χ2n) is 10.0. The number of aliphatic imine (C=N–C) groups is 1. The lowest BCUT2D eigenvalue weighted by molar-refractivity contribution is -0.139. The van der Waals surface area contributed by atoms with Crippen LogP contribution in [-0.4, -0.2) is 82.1 Å². The molecule has 1 saturated heterocycles. The number of carboxylic acid groups (broad SMARTS) is 1. The van der Waals surface area contributed by atoms with Crippen molar-refractivity contribution < 1.29 is 29.0 Å². The van der Waals surface area contributed by atoms with E-state index in [9.17, 15) is 24.6 Å². The summed E-state index contributed by atoms with van der Waals surface area (Å²) in [6.07, 6.45) is 3.46. The van der Waals surface area contributed by atoms with Crippen molar-refractivity contribution in [2.75, 3.05) is 26.2 Å². The first-order valence-corrected chi connectivity index (χ1v) is 13.9. The van der Waals surface area contributed by atoms with Gasteiger partial charge in [0.05, 0.1) is 28.0 Å². The monoisotopic (exact) mass is 612 g/mol. The summed E-state index contributed by atoms with van der Waals surface area (Å²) in [5.74, 6) is -2.21. The maximum atomic E-state index is 13.2. The standard InChI is InChI=1S/C28H26Cl2N6O6/c29-20-9-17-12-35(26(39)16-2-1-15-5-8-42-22(15)10-16)7-4-19(17)24(30)23(20)25(38)34-21(27(40)41)11-32-28(33-14-31)36-6-3-18(37)13-36/h1-2,5,8-10,18,21,37H,3-4,6-7,11-13H2,(H,32,33)(H,34,38)(H,40,41)/t18-,21+/m1/s1. The molecule has 12 nitrogen and oxygen atoms in total. The minimum absolute atomic E-state index is 0.0115. The third kappa shape index (κ3) is 5.99. The maximum Gasteiger partial charge on any atom is 0.328 e. The molecule has 0 aliphatic carbocycles. The topological polar surface area (TPSA) is 172 Å². The number of nitrogens with one attached hydrogen (secondary N) is 2. The van der Waals surface area contributed by atoms with Gasteiger partial charge in [-0.2, -0.15) is 5.26 Å². The molecule has 4 N–H and O–H groups in total. The summed E-state index contributed by atoms with van der Waals surface area (Å²) in [7, 11) is 0. The number of aliphatic hydroxyl groups is 1. The highest BCUT2D eigenvalue weighted by atomic mass is 35.5. The predicted octanol–water partition coefficient (Wildman–Crippen LogP) is 2.61. The van der Waals surface area contributed by atoms with Gasteiger partial charge in [-0.3, -0.25) is 9.59 Å². The van der Waals surface area contributed by atoms with Crippen molar-refractivity contribution in [1.29, 1.82) is 5.26 Å². The average molecular weight is 613 g/mol. The van der Waals surface area contributed by atoms with E-state index in [1.54, 1.807) is 40.5 Å². The van der Waals surface area contributed by atoms with Gasteiger partial charge in [0.25, 0.3) is 11.8 Å². The molecule has 2 aliphatic rings. The fourth-order valence-corrected chi connectivity index (χ4v) is 5.89. The zero-order valence-corrected chi connectivity index (χ0v) is 23.7. The number of benzene rings is 2. The number of guanidine groups is 1. The van der Waals surface area contributed by atoms with Crippen LogP contribution in [0.15, 0.2) is 46.0 Å². The van der Waals surface area contributed by atoms with Gasteiger partial charge >= 0.3 is 5.97 Å². The van der Waals surface area contributed by atoms with E-state index in [4.69, 9.17) is 32.9 Å². The number of hydrogen-bond donors (Lipinski definition) is 4. The van der Waals surface area contributed by atoms with Crippen LogP contribution >= 0.6 is 23.2 Å². The van der Waals surface area contributed by atoms with Gasteiger partial charge in [0.15, 0.2) is 0 Å². The summed E-state index contributed by atoms with van der Waals surface area (Å²) < 4.78 is 5.41. The van der Waals surface area contributed by atoms with E-state index in [0.717, 1.165) is 5.39 Å². The lowest BCUT2D eigenvalue weighted by atomic mass is 9.96. The Morgan fingerprint density at radius 3 is 2.71 bits per heavy atom. The van der Waals surface area contributed by atoms with Gasteiger partial charge in [-0.15, -0.1) is 4.99 Å². The van der Waals surface area contributed by atoms with Gasteiger partial charge in [0, 0.05) is 43.7 Å². The number of aliphatic carboxylic acids is 1. The van der Waals surface area contributed by atoms with Crippen molar-refractivity contribution in [2.45, 2.75) is 31.5 Å². The Balaban J connectivity index is 1.29. The normalized spacial score (nSPS) is 17.5. The highest BCUT2D eigenvalue weighted by Crippen LogP contribution is 2.35. The molecule has 3 aromatic rings. The SMILES string of the molecule is N#C/N=C(/NC[C@H](NC(=O)c1c(Cl)cc2c(c1Cl)CCN(C(=O)c1ccc3ccoc3c1)C2)C(=O)O)N1CC[C@@H](O)C1. The smallest absolute Gasteiger partial charge is 0.328 e. The Bertz CT molecular complexity index is 1630. The molecule has 0 spiro atoms. The van der Waals surface area contributed by atoms with Crippen LogP contribution in [0.3, 0.4) is 0 Å². The van der Waals surface area contributed by atoms with Gasteiger partial charge in [0.1, 0.15) is 11.6 Å². The number of amides is 2. The Labute approximate surface area is 250 Å². The molecular formula is C28H26Cl2N6O6. The molecular weight excluding hydrogens is 587 g/mol. The number of nitrogens with zero attached hydrogens (tertiary/aromatic N) is 4. The summed E-state index contributed by atoms with van der Waals surface area (Å²) in [6.45, 7) is 0.939. The van der Waals surface area contributed by atoms with E-state index in [-0.39, 0.29) is 47.1 Å². The maximum absolute atomic E-state index is 13.2. The summed E-state index contributed by atoms with van der Waals surface area (Å²) in [4.78, 5) is 45.4. The number of furan rings is 1. The van der Waals surface area contributed by atoms with Gasteiger partial charge in [-0.25, -0.2) is 4.79 Å². The van der Waals surface area contributed by atoms with E-state index in [0.29, 0.717) is 48.2 Å². The zero-order valence-electron chi connectivity index (χ0n) is 22.1. The number of carboxylic acids is 1. The Kier molecular flexibility index (Phi) is 8.54. The van der Waals surface area contributed by atoms with Crippen LogP contribution in [0.5, 0.6) is 0 Å². The predicted molar refractivity (Wildman–Crippen MR) is 153 cm³/mol. The lowest BCUT2D eigenvalue weighted by Crippen LogP contribution is -2.51. The Morgan fingerprint density at radius 2 is 2.00 bits per heavy atom. The third-order valence-corrected chi connectivity index (χ3v) is 8.02. The second kappa shape index (κ2) is 12.3. The number of hydrogen-bond acceptors (Lipinski definition) is 7. The van der Waals surface area contributed by atoms with Crippen LogP contribution in [0.1, 0.15) is 38.3 Å². The highest BCUT2D eigenvalue weighted by molar-refractivity contribution is 6.40. The lowest BCUT2D eigenvalue weighted by Gasteiger charge is -2.30. The van der Waals surface area contributed by atoms with Crippen molar-refractivity contribution in [3.8, 4) is 6.19 Å². The molecule has 0 unspecified atom stereocenters. The molecule has 2 aliphatic heterocycles. The molecule has 1 aromatic heterocycles. The van der Waals surface area contributed by atoms with Crippen LogP contribution in [0.25, 0.3) is 11.0 Å². The summed E-state index contributed by atoms with van der Waals surface area (Å²) in [6, 6.07) is 7.21. The molecule has 14 heteroatoms. The third-order valence-electron chi connectivity index (χ3n) is 7.31. The average Bonchev–Trinajstić information content (AvgIpc) is 3.62. The molecule has 218 valence electrons. The van der Waals surface area contributed by atoms with Gasteiger partial charge in [0.2, 0.25) is 12.2 Å². The first kappa shape index (κ1) is 29.2. The van der Waals surface area contributed by atoms with E-state index >= 15 is 0 Å². The van der Waals surface area contributed by atoms with E-state index in [2.05, 4.69) is 15.6 Å². The number of carbonyl (C=O) groups is 3. The van der Waals surface area contributed by atoms with Crippen molar-refractivity contribution >= 4 is 57.9 Å². The molecule has 3 heterocycles. The van der Waals surface area contributed by atoms with Crippen molar-refractivity contribution in [3.63, 3.8) is 0 Å². The number of rotatable bonds is 6. The summed E-state index contributed by atoms with van der Waals surface area (Å²) in [5.41, 5.74) is 2.35. The first-order chi connectivity index (χ1) is 20.2. The van der Waals surface area contributed by atoms with Crippen molar-refractivity contribution in [3.05, 3.63) is 68.9 Å². The second-order valence-corrected chi connectivity index (χ2v) is 10.8. The fraction of sp³-hybridized carbons (Fsp3) is 0.321. The van der Waals surface area contributed by atoms with Crippen LogP contribution < -0.4 is 10.6 Å². The van der Waals surface area contributed by atoms with E-state index < -0.39 is 24.0 Å². The molecule has 5 rings (SSSR count). The number of β-amino-alcohol motifs (C(OH)–C–C–N with tert-alkyl or cyclic N) is 1. The van der Waals surface area contributed by atoms with Gasteiger partial charge in [-0.05, 0) is 48.2 Å². The van der Waals surface area contributed by atoms with Crippen molar-refractivity contribution in [1.82, 2.24) is 20.4 Å². The van der Waals surface area contributed by atoms with Crippen LogP contribution in [-0.2, 0) is 17.8 Å². The van der Waals surface area contributed by atoms with Crippen LogP contribution in [0, 0.1) is 11.5 Å². The molecule has 2 atom stereocenters. The fourth-order valence-electron chi connectivity index (χ4n) is 5.13. The first-order valence-electron chi connectivity index (χ1n) is 13.1. The van der Waals surface area contributed by atoms with E-state index in [1.807, 2.05) is 12.1 Å². The molecule has 0 bridgehead atoms. The largest absolute Gasteiger partial charge is 0.480 e. The number of carbonyl (C=O) groups excluding carboxylic acids is 2. The van der Waals surface area contributed by atoms with Crippen molar-refractivity contribution in [2.24, 2.45) is 4.99 Å². The summed E-state index contributed by atoms with van der Waals surface area (Å²) in [5, 5.41) is 34.7. The zero-order chi connectivity index (χ0) is 30.0. The van der Waals surface area contributed by atoms with E-state index in [1.165, 1.54) is 0 Å². The number of nitriles is 1. The molecule has 0 saturated carbocycles. The highest BCUT2D eigenvalue weighted by Gasteiger charge is 2.30. The number of fused-ring (bicyclic) bond motifs is 2. The quantitative estimate of drug-likeness (QED) is 0.185. The minimum atomic E-state index is -1.42. The van der Waals surface area contributed by atoms with Crippen LogP contribution in [0.4, 0.5) is 0 Å². The number of halogens is 2. The number of aliphatic hydroxyl groups excluding tert-OH is 1. The Hall–Kier alpha value is -4.31. The van der Waals surface area contributed by atoms with Crippen LogP contribution in [0.2, 0.25) is 10.0 Å². The molecule has 2 amide bonds. The minimum Gasteiger partial charge on any atom is -0.480 e. The van der Waals surface area contributed by atoms with Gasteiger partial charge in [-0.1, -0.05) is 29.3 Å². The Morgan fingerprint density at radius 1 is 1.19 bits per heavy atom. The van der Waals surface area contributed by atoms with Gasteiger partial charge < -0.3 is 35.1 Å². The number of likely N-dealkylation sites (tertiary alicyclic amines) is 1.